The van der Waals surface area contributed by atoms with Gasteiger partial charge >= 0.3 is 0 Å². The van der Waals surface area contributed by atoms with Crippen molar-refractivity contribution in [2.45, 2.75) is 10.4 Å². The molecule has 0 bridgehead atoms. The van der Waals surface area contributed by atoms with Crippen LogP contribution in [0.3, 0.4) is 0 Å². The summed E-state index contributed by atoms with van der Waals surface area (Å²) < 4.78 is 6.73. The molecule has 10 heteroatoms. The van der Waals surface area contributed by atoms with E-state index in [1.807, 2.05) is 60.0 Å². The fraction of sp³-hybridized carbons (Fsp3) is 0.150. The summed E-state index contributed by atoms with van der Waals surface area (Å²) in [7, 11) is 3.37. The predicted octanol–water partition coefficient (Wildman–Crippen LogP) is 3.81. The minimum Gasteiger partial charge on any atom is -0.497 e. The molecule has 0 saturated carbocycles. The summed E-state index contributed by atoms with van der Waals surface area (Å²) >= 11 is 2.66. The number of carbonyl (C=O) groups excluding carboxylic acids is 1. The lowest BCUT2D eigenvalue weighted by molar-refractivity contribution is -0.115. The van der Waals surface area contributed by atoms with Crippen LogP contribution in [0.2, 0.25) is 0 Å². The molecule has 0 aliphatic heterocycles. The first kappa shape index (κ1) is 20.0. The van der Waals surface area contributed by atoms with Gasteiger partial charge in [-0.25, -0.2) is 9.67 Å². The van der Waals surface area contributed by atoms with Crippen molar-refractivity contribution in [1.82, 2.24) is 25.2 Å². The number of amides is 1. The summed E-state index contributed by atoms with van der Waals surface area (Å²) in [5.74, 6) is 0.591. The van der Waals surface area contributed by atoms with Gasteiger partial charge in [-0.1, -0.05) is 42.1 Å². The van der Waals surface area contributed by atoms with Crippen molar-refractivity contribution in [2.75, 3.05) is 12.4 Å². The van der Waals surface area contributed by atoms with Gasteiger partial charge in [-0.3, -0.25) is 4.79 Å². The standard InChI is InChI=1S/C20H18N6O2S2/c1-26-20(23-24-25-26)30-17(14-6-4-3-5-7-14)18(27)22-19-21-16(12-29-19)13-8-10-15(28-2)11-9-13/h3-12,17H,1-2H3,(H,21,22,27)/t17-/m0/s1. The molecular formula is C20H18N6O2S2. The van der Waals surface area contributed by atoms with E-state index in [1.165, 1.54) is 23.1 Å². The molecule has 152 valence electrons. The van der Waals surface area contributed by atoms with Crippen LogP contribution in [0.5, 0.6) is 5.75 Å². The highest BCUT2D eigenvalue weighted by Gasteiger charge is 2.25. The van der Waals surface area contributed by atoms with Crippen LogP contribution in [0.25, 0.3) is 11.3 Å². The molecular weight excluding hydrogens is 420 g/mol. The molecule has 0 saturated heterocycles. The number of aromatic nitrogens is 5. The number of nitrogens with zero attached hydrogens (tertiary/aromatic N) is 5. The number of thiazole rings is 1. The second kappa shape index (κ2) is 9.06. The maximum absolute atomic E-state index is 13.1. The quantitative estimate of drug-likeness (QED) is 0.438. The maximum Gasteiger partial charge on any atom is 0.244 e. The summed E-state index contributed by atoms with van der Waals surface area (Å²) in [6.45, 7) is 0. The summed E-state index contributed by atoms with van der Waals surface area (Å²) in [6, 6.07) is 17.2. The van der Waals surface area contributed by atoms with Crippen LogP contribution in [0.1, 0.15) is 10.8 Å². The zero-order valence-corrected chi connectivity index (χ0v) is 17.9. The number of thioether (sulfide) groups is 1. The van der Waals surface area contributed by atoms with Crippen LogP contribution in [-0.4, -0.2) is 38.2 Å². The molecule has 1 amide bonds. The first-order valence-electron chi connectivity index (χ1n) is 8.99. The van der Waals surface area contributed by atoms with Crippen molar-refractivity contribution in [2.24, 2.45) is 7.05 Å². The number of hydrogen-bond acceptors (Lipinski definition) is 8. The second-order valence-corrected chi connectivity index (χ2v) is 8.18. The number of aryl methyl sites for hydroxylation is 1. The van der Waals surface area contributed by atoms with Gasteiger partial charge in [0.25, 0.3) is 0 Å². The first-order valence-corrected chi connectivity index (χ1v) is 10.7. The van der Waals surface area contributed by atoms with E-state index < -0.39 is 5.25 Å². The normalized spacial score (nSPS) is 11.8. The SMILES string of the molecule is COc1ccc(-c2csc(NC(=O)[C@@H](Sc3nnnn3C)c3ccccc3)n2)cc1. The van der Waals surface area contributed by atoms with Gasteiger partial charge in [0.15, 0.2) is 5.13 Å². The van der Waals surface area contributed by atoms with Gasteiger partial charge in [-0.2, -0.15) is 0 Å². The molecule has 4 rings (SSSR count). The lowest BCUT2D eigenvalue weighted by atomic mass is 10.1. The third-order valence-electron chi connectivity index (χ3n) is 4.27. The molecule has 2 heterocycles. The molecule has 4 aromatic rings. The second-order valence-electron chi connectivity index (χ2n) is 6.25. The molecule has 0 aliphatic rings. The van der Waals surface area contributed by atoms with Crippen LogP contribution in [0.4, 0.5) is 5.13 Å². The molecule has 1 atom stereocenters. The predicted molar refractivity (Wildman–Crippen MR) is 117 cm³/mol. The Morgan fingerprint density at radius 1 is 1.17 bits per heavy atom. The molecule has 0 unspecified atom stereocenters. The molecule has 30 heavy (non-hydrogen) atoms. The van der Waals surface area contributed by atoms with Crippen molar-refractivity contribution in [1.29, 1.82) is 0 Å². The van der Waals surface area contributed by atoms with Crippen LogP contribution in [0, 0.1) is 0 Å². The number of benzene rings is 2. The molecule has 0 fully saturated rings. The van der Waals surface area contributed by atoms with Crippen molar-refractivity contribution >= 4 is 34.1 Å². The fourth-order valence-electron chi connectivity index (χ4n) is 2.72. The summed E-state index contributed by atoms with van der Waals surface area (Å²) in [6.07, 6.45) is 0. The average Bonchev–Trinajstić information content (AvgIpc) is 3.41. The van der Waals surface area contributed by atoms with Crippen LogP contribution < -0.4 is 10.1 Å². The van der Waals surface area contributed by atoms with E-state index in [-0.39, 0.29) is 5.91 Å². The van der Waals surface area contributed by atoms with Crippen LogP contribution >= 0.6 is 23.1 Å². The fourth-order valence-corrected chi connectivity index (χ4v) is 4.39. The van der Waals surface area contributed by atoms with E-state index in [0.717, 1.165) is 22.6 Å². The lowest BCUT2D eigenvalue weighted by Gasteiger charge is -2.15. The Labute approximate surface area is 181 Å². The van der Waals surface area contributed by atoms with Gasteiger partial charge in [0, 0.05) is 18.0 Å². The van der Waals surface area contributed by atoms with Crippen LogP contribution in [0.15, 0.2) is 65.1 Å². The number of rotatable bonds is 7. The van der Waals surface area contributed by atoms with E-state index in [4.69, 9.17) is 4.74 Å². The smallest absolute Gasteiger partial charge is 0.244 e. The van der Waals surface area contributed by atoms with Gasteiger partial charge in [0.2, 0.25) is 11.1 Å². The highest BCUT2D eigenvalue weighted by molar-refractivity contribution is 8.00. The molecule has 0 spiro atoms. The Bertz CT molecular complexity index is 1130. The Morgan fingerprint density at radius 2 is 1.93 bits per heavy atom. The Kier molecular flexibility index (Phi) is 6.05. The van der Waals surface area contributed by atoms with E-state index in [9.17, 15) is 4.79 Å². The van der Waals surface area contributed by atoms with Crippen molar-refractivity contribution in [3.05, 3.63) is 65.5 Å². The van der Waals surface area contributed by atoms with Gasteiger partial charge in [-0.05, 0) is 40.3 Å². The van der Waals surface area contributed by atoms with E-state index in [2.05, 4.69) is 25.8 Å². The Balaban J connectivity index is 1.54. The molecule has 2 aromatic heterocycles. The maximum atomic E-state index is 13.1. The molecule has 2 aromatic carbocycles. The van der Waals surface area contributed by atoms with Crippen LogP contribution in [-0.2, 0) is 11.8 Å². The third kappa shape index (κ3) is 4.50. The molecule has 1 N–H and O–H groups in total. The number of nitrogens with one attached hydrogen (secondary N) is 1. The minimum absolute atomic E-state index is 0.190. The summed E-state index contributed by atoms with van der Waals surface area (Å²) in [5, 5.41) is 16.9. The monoisotopic (exact) mass is 438 g/mol. The third-order valence-corrected chi connectivity index (χ3v) is 6.30. The van der Waals surface area contributed by atoms with Crippen molar-refractivity contribution in [3.63, 3.8) is 0 Å². The number of ether oxygens (including phenoxy) is 1. The first-order chi connectivity index (χ1) is 14.6. The van der Waals surface area contributed by atoms with E-state index in [1.54, 1.807) is 18.8 Å². The minimum atomic E-state index is -0.524. The molecule has 8 nitrogen and oxygen atoms in total. The molecule has 0 aliphatic carbocycles. The van der Waals surface area contributed by atoms with Gasteiger partial charge in [0.05, 0.1) is 12.8 Å². The summed E-state index contributed by atoms with van der Waals surface area (Å²) in [5.41, 5.74) is 2.60. The highest BCUT2D eigenvalue weighted by atomic mass is 32.2. The largest absolute Gasteiger partial charge is 0.497 e. The van der Waals surface area contributed by atoms with E-state index in [0.29, 0.717) is 10.3 Å². The number of tetrazole rings is 1. The average molecular weight is 439 g/mol. The number of anilines is 1. The Morgan fingerprint density at radius 3 is 2.60 bits per heavy atom. The van der Waals surface area contributed by atoms with Crippen molar-refractivity contribution < 1.29 is 9.53 Å². The topological polar surface area (TPSA) is 94.8 Å². The highest BCUT2D eigenvalue weighted by Crippen LogP contribution is 2.35. The number of hydrogen-bond donors (Lipinski definition) is 1. The Hall–Kier alpha value is -3.24. The van der Waals surface area contributed by atoms with Gasteiger partial charge in [0.1, 0.15) is 11.0 Å². The lowest BCUT2D eigenvalue weighted by Crippen LogP contribution is -2.19. The zero-order chi connectivity index (χ0) is 20.9. The zero-order valence-electron chi connectivity index (χ0n) is 16.2. The summed E-state index contributed by atoms with van der Waals surface area (Å²) in [4.78, 5) is 17.7. The van der Waals surface area contributed by atoms with Gasteiger partial charge in [-0.15, -0.1) is 16.4 Å². The molecule has 0 radical (unpaired) electrons. The number of carbonyl (C=O) groups is 1. The number of methoxy groups -OCH3 is 1. The van der Waals surface area contributed by atoms with E-state index >= 15 is 0 Å². The van der Waals surface area contributed by atoms with Gasteiger partial charge < -0.3 is 10.1 Å². The van der Waals surface area contributed by atoms with Crippen molar-refractivity contribution in [3.8, 4) is 17.0 Å².